The van der Waals surface area contributed by atoms with Crippen molar-refractivity contribution < 1.29 is 4.42 Å². The third kappa shape index (κ3) is 3.58. The lowest BCUT2D eigenvalue weighted by molar-refractivity contribution is 0.531. The Labute approximate surface area is 143 Å². The second-order valence-electron chi connectivity index (χ2n) is 4.76. The molecule has 22 heavy (non-hydrogen) atoms. The molecule has 112 valence electrons. The molecule has 1 N–H and O–H groups in total. The Balaban J connectivity index is 1.73. The molecule has 5 heteroatoms. The largest absolute Gasteiger partial charge is 0.459 e. The van der Waals surface area contributed by atoms with E-state index in [0.717, 1.165) is 22.8 Å². The first kappa shape index (κ1) is 15.3. The summed E-state index contributed by atoms with van der Waals surface area (Å²) in [5.41, 5.74) is 1.72. The van der Waals surface area contributed by atoms with Crippen molar-refractivity contribution in [1.29, 1.82) is 0 Å². The molecule has 3 rings (SSSR count). The lowest BCUT2D eigenvalue weighted by Gasteiger charge is -2.06. The molecule has 0 unspecified atom stereocenters. The number of nitrogens with one attached hydrogen (secondary N) is 1. The maximum Gasteiger partial charge on any atom is 0.135 e. The Morgan fingerprint density at radius 1 is 0.864 bits per heavy atom. The SMILES string of the molecule is Clc1cc(Cl)cc(NCc2ccc(-c3ccccc3Cl)o2)c1. The van der Waals surface area contributed by atoms with E-state index < -0.39 is 0 Å². The van der Waals surface area contributed by atoms with Gasteiger partial charge in [0.1, 0.15) is 11.5 Å². The van der Waals surface area contributed by atoms with Crippen molar-refractivity contribution in [1.82, 2.24) is 0 Å². The molecule has 0 aliphatic rings. The van der Waals surface area contributed by atoms with Gasteiger partial charge in [-0.3, -0.25) is 0 Å². The highest BCUT2D eigenvalue weighted by molar-refractivity contribution is 6.35. The lowest BCUT2D eigenvalue weighted by atomic mass is 10.2. The minimum atomic E-state index is 0.529. The second kappa shape index (κ2) is 6.66. The normalized spacial score (nSPS) is 10.7. The van der Waals surface area contributed by atoms with Gasteiger partial charge in [-0.15, -0.1) is 0 Å². The first-order chi connectivity index (χ1) is 10.6. The van der Waals surface area contributed by atoms with Crippen LogP contribution >= 0.6 is 34.8 Å². The predicted molar refractivity (Wildman–Crippen MR) is 92.9 cm³/mol. The number of anilines is 1. The molecule has 0 saturated carbocycles. The van der Waals surface area contributed by atoms with E-state index in [2.05, 4.69) is 5.32 Å². The molecular weight excluding hydrogens is 341 g/mol. The smallest absolute Gasteiger partial charge is 0.135 e. The van der Waals surface area contributed by atoms with E-state index in [1.807, 2.05) is 48.5 Å². The van der Waals surface area contributed by atoms with Crippen LogP contribution in [0.1, 0.15) is 5.76 Å². The molecule has 1 heterocycles. The number of benzene rings is 2. The second-order valence-corrected chi connectivity index (χ2v) is 6.04. The fraction of sp³-hybridized carbons (Fsp3) is 0.0588. The summed E-state index contributed by atoms with van der Waals surface area (Å²) >= 11 is 18.1. The molecule has 3 aromatic rings. The number of halogens is 3. The van der Waals surface area contributed by atoms with Crippen molar-refractivity contribution in [2.24, 2.45) is 0 Å². The van der Waals surface area contributed by atoms with Crippen LogP contribution in [0.15, 0.2) is 59.0 Å². The fourth-order valence-corrected chi connectivity index (χ4v) is 2.88. The van der Waals surface area contributed by atoms with Crippen molar-refractivity contribution in [2.75, 3.05) is 5.32 Å². The van der Waals surface area contributed by atoms with Crippen LogP contribution in [0.2, 0.25) is 15.1 Å². The van der Waals surface area contributed by atoms with E-state index in [-0.39, 0.29) is 0 Å². The minimum Gasteiger partial charge on any atom is -0.459 e. The summed E-state index contributed by atoms with van der Waals surface area (Å²) in [6.45, 7) is 0.529. The summed E-state index contributed by atoms with van der Waals surface area (Å²) in [6.07, 6.45) is 0. The maximum absolute atomic E-state index is 6.17. The Kier molecular flexibility index (Phi) is 4.63. The molecule has 0 aliphatic heterocycles. The van der Waals surface area contributed by atoms with E-state index >= 15 is 0 Å². The van der Waals surface area contributed by atoms with E-state index in [1.165, 1.54) is 0 Å². The molecule has 0 spiro atoms. The lowest BCUT2D eigenvalue weighted by Crippen LogP contribution is -1.97. The van der Waals surface area contributed by atoms with Crippen molar-refractivity contribution in [3.05, 3.63) is 75.4 Å². The highest BCUT2D eigenvalue weighted by Crippen LogP contribution is 2.29. The Hall–Kier alpha value is -1.61. The van der Waals surface area contributed by atoms with Gasteiger partial charge in [-0.05, 0) is 42.5 Å². The predicted octanol–water partition coefficient (Wildman–Crippen LogP) is 6.52. The minimum absolute atomic E-state index is 0.529. The third-order valence-electron chi connectivity index (χ3n) is 3.13. The molecule has 0 radical (unpaired) electrons. The maximum atomic E-state index is 6.17. The first-order valence-electron chi connectivity index (χ1n) is 6.65. The van der Waals surface area contributed by atoms with Crippen molar-refractivity contribution in [3.63, 3.8) is 0 Å². The summed E-state index contributed by atoms with van der Waals surface area (Å²) < 4.78 is 5.82. The van der Waals surface area contributed by atoms with Crippen LogP contribution in [-0.2, 0) is 6.54 Å². The van der Waals surface area contributed by atoms with Gasteiger partial charge < -0.3 is 9.73 Å². The quantitative estimate of drug-likeness (QED) is 0.578. The fourth-order valence-electron chi connectivity index (χ4n) is 2.12. The third-order valence-corrected chi connectivity index (χ3v) is 3.90. The van der Waals surface area contributed by atoms with Crippen LogP contribution in [0.25, 0.3) is 11.3 Å². The summed E-state index contributed by atoms with van der Waals surface area (Å²) in [5.74, 6) is 1.54. The van der Waals surface area contributed by atoms with Crippen molar-refractivity contribution in [2.45, 2.75) is 6.54 Å². The van der Waals surface area contributed by atoms with Gasteiger partial charge in [-0.25, -0.2) is 0 Å². The molecule has 0 amide bonds. The van der Waals surface area contributed by atoms with Crippen molar-refractivity contribution >= 4 is 40.5 Å². The molecule has 1 aromatic heterocycles. The topological polar surface area (TPSA) is 25.2 Å². The van der Waals surface area contributed by atoms with Crippen LogP contribution in [-0.4, -0.2) is 0 Å². The van der Waals surface area contributed by atoms with Crippen LogP contribution in [0.5, 0.6) is 0 Å². The highest BCUT2D eigenvalue weighted by atomic mass is 35.5. The zero-order valence-electron chi connectivity index (χ0n) is 11.4. The molecular formula is C17H12Cl3NO. The summed E-state index contributed by atoms with van der Waals surface area (Å²) in [6, 6.07) is 16.7. The monoisotopic (exact) mass is 351 g/mol. The highest BCUT2D eigenvalue weighted by Gasteiger charge is 2.08. The van der Waals surface area contributed by atoms with E-state index in [9.17, 15) is 0 Å². The number of rotatable bonds is 4. The molecule has 2 aromatic carbocycles. The summed E-state index contributed by atoms with van der Waals surface area (Å²) in [4.78, 5) is 0. The van der Waals surface area contributed by atoms with Crippen LogP contribution in [0.3, 0.4) is 0 Å². The Morgan fingerprint density at radius 2 is 1.59 bits per heavy atom. The van der Waals surface area contributed by atoms with Gasteiger partial charge >= 0.3 is 0 Å². The average Bonchev–Trinajstić information content (AvgIpc) is 2.93. The standard InChI is InChI=1S/C17H12Cl3NO/c18-11-7-12(19)9-13(8-11)21-10-14-5-6-17(22-14)15-3-1-2-4-16(15)20/h1-9,21H,10H2. The molecule has 0 atom stereocenters. The van der Waals surface area contributed by atoms with Gasteiger partial charge in [-0.2, -0.15) is 0 Å². The summed E-state index contributed by atoms with van der Waals surface area (Å²) in [5, 5.41) is 5.07. The van der Waals surface area contributed by atoms with Gasteiger partial charge in [0.05, 0.1) is 11.6 Å². The van der Waals surface area contributed by atoms with Gasteiger partial charge in [0, 0.05) is 21.3 Å². The number of furan rings is 1. The van der Waals surface area contributed by atoms with Gasteiger partial charge in [-0.1, -0.05) is 46.9 Å². The summed E-state index contributed by atoms with van der Waals surface area (Å²) in [7, 11) is 0. The van der Waals surface area contributed by atoms with E-state index in [0.29, 0.717) is 21.6 Å². The molecule has 2 nitrogen and oxygen atoms in total. The average molecular weight is 353 g/mol. The first-order valence-corrected chi connectivity index (χ1v) is 7.79. The van der Waals surface area contributed by atoms with Gasteiger partial charge in [0.25, 0.3) is 0 Å². The van der Waals surface area contributed by atoms with Crippen LogP contribution < -0.4 is 5.32 Å². The van der Waals surface area contributed by atoms with Gasteiger partial charge in [0.2, 0.25) is 0 Å². The number of hydrogen-bond acceptors (Lipinski definition) is 2. The number of hydrogen-bond donors (Lipinski definition) is 1. The Morgan fingerprint density at radius 3 is 2.32 bits per heavy atom. The molecule has 0 fully saturated rings. The molecule has 0 bridgehead atoms. The van der Waals surface area contributed by atoms with E-state index in [1.54, 1.807) is 6.07 Å². The zero-order valence-corrected chi connectivity index (χ0v) is 13.7. The van der Waals surface area contributed by atoms with E-state index in [4.69, 9.17) is 39.2 Å². The molecule has 0 aliphatic carbocycles. The van der Waals surface area contributed by atoms with Gasteiger partial charge in [0.15, 0.2) is 0 Å². The van der Waals surface area contributed by atoms with Crippen LogP contribution in [0.4, 0.5) is 5.69 Å². The Bertz CT molecular complexity index is 778. The van der Waals surface area contributed by atoms with Crippen LogP contribution in [0, 0.1) is 0 Å². The molecule has 0 saturated heterocycles. The zero-order chi connectivity index (χ0) is 15.5. The van der Waals surface area contributed by atoms with Crippen molar-refractivity contribution in [3.8, 4) is 11.3 Å².